The number of nitrogens with one attached hydrogen (secondary N) is 2. The molecule has 7 nitrogen and oxygen atoms in total. The first-order valence-corrected chi connectivity index (χ1v) is 11.5. The summed E-state index contributed by atoms with van der Waals surface area (Å²) in [5, 5.41) is 14.7. The molecule has 33 heavy (non-hydrogen) atoms. The largest absolute Gasteiger partial charge is 0.490 e. The van der Waals surface area contributed by atoms with Crippen molar-refractivity contribution in [2.45, 2.75) is 51.6 Å². The van der Waals surface area contributed by atoms with Crippen LogP contribution in [0.5, 0.6) is 5.75 Å². The summed E-state index contributed by atoms with van der Waals surface area (Å²) in [7, 11) is 0. The van der Waals surface area contributed by atoms with Crippen molar-refractivity contribution in [1.82, 2.24) is 10.6 Å². The molecule has 0 aromatic heterocycles. The molecule has 3 rings (SSSR count). The van der Waals surface area contributed by atoms with E-state index in [2.05, 4.69) is 24.5 Å². The number of hydrogen-bond acceptors (Lipinski definition) is 4. The van der Waals surface area contributed by atoms with Gasteiger partial charge in [-0.15, -0.1) is 0 Å². The summed E-state index contributed by atoms with van der Waals surface area (Å²) in [6.45, 7) is 4.86. The summed E-state index contributed by atoms with van der Waals surface area (Å²) >= 11 is 0. The zero-order valence-electron chi connectivity index (χ0n) is 19.2. The van der Waals surface area contributed by atoms with Gasteiger partial charge in [0.1, 0.15) is 5.75 Å². The highest BCUT2D eigenvalue weighted by Gasteiger charge is 2.26. The molecule has 0 aliphatic heterocycles. The van der Waals surface area contributed by atoms with Crippen LogP contribution in [0.25, 0.3) is 0 Å². The molecule has 1 aliphatic carbocycles. The van der Waals surface area contributed by atoms with E-state index in [4.69, 9.17) is 9.84 Å². The Kier molecular flexibility index (Phi) is 8.46. The summed E-state index contributed by atoms with van der Waals surface area (Å²) in [4.78, 5) is 35.6. The zero-order valence-corrected chi connectivity index (χ0v) is 19.2. The Balaban J connectivity index is 1.38. The Hall–Kier alpha value is -3.35. The fourth-order valence-corrected chi connectivity index (χ4v) is 3.88. The van der Waals surface area contributed by atoms with Crippen LogP contribution in [0, 0.1) is 5.92 Å². The lowest BCUT2D eigenvalue weighted by molar-refractivity contribution is -0.143. The van der Waals surface area contributed by atoms with Gasteiger partial charge in [-0.25, -0.2) is 0 Å². The molecule has 0 bridgehead atoms. The predicted octanol–water partition coefficient (Wildman–Crippen LogP) is 3.99. The second kappa shape index (κ2) is 11.5. The van der Waals surface area contributed by atoms with Crippen molar-refractivity contribution in [2.75, 3.05) is 13.1 Å². The third kappa shape index (κ3) is 7.07. The van der Waals surface area contributed by atoms with Crippen molar-refractivity contribution in [3.8, 4) is 5.75 Å². The molecule has 1 saturated carbocycles. The molecule has 176 valence electrons. The molecular formula is C26H32N2O5. The van der Waals surface area contributed by atoms with E-state index in [1.54, 1.807) is 24.3 Å². The Labute approximate surface area is 194 Å². The fraction of sp³-hybridized carbons (Fsp3) is 0.423. The SMILES string of the molecule is CC(C)c1ccc(C(=O)NCCNC(=O)c2ccc(OC3CCC(C(=O)O)CC3)cc2)cc1. The van der Waals surface area contributed by atoms with Crippen LogP contribution in [0.15, 0.2) is 48.5 Å². The van der Waals surface area contributed by atoms with Crippen molar-refractivity contribution in [1.29, 1.82) is 0 Å². The highest BCUT2D eigenvalue weighted by atomic mass is 16.5. The number of rotatable bonds is 9. The minimum atomic E-state index is -0.733. The number of benzene rings is 2. The summed E-state index contributed by atoms with van der Waals surface area (Å²) in [5.74, 6) is -0.315. The van der Waals surface area contributed by atoms with Gasteiger partial charge in [0.15, 0.2) is 0 Å². The normalized spacial score (nSPS) is 17.9. The molecule has 1 aliphatic rings. The van der Waals surface area contributed by atoms with Gasteiger partial charge in [-0.3, -0.25) is 14.4 Å². The van der Waals surface area contributed by atoms with Crippen molar-refractivity contribution in [2.24, 2.45) is 5.92 Å². The van der Waals surface area contributed by atoms with Gasteiger partial charge < -0.3 is 20.5 Å². The lowest BCUT2D eigenvalue weighted by Gasteiger charge is -2.26. The van der Waals surface area contributed by atoms with E-state index in [1.165, 1.54) is 5.56 Å². The molecule has 1 fully saturated rings. The number of hydrogen-bond donors (Lipinski definition) is 3. The Morgan fingerprint density at radius 3 is 1.79 bits per heavy atom. The lowest BCUT2D eigenvalue weighted by atomic mass is 9.87. The first-order valence-electron chi connectivity index (χ1n) is 11.5. The molecule has 0 atom stereocenters. The quantitative estimate of drug-likeness (QED) is 0.499. The molecule has 0 heterocycles. The van der Waals surface area contributed by atoms with Gasteiger partial charge in [-0.05, 0) is 73.6 Å². The van der Waals surface area contributed by atoms with Gasteiger partial charge >= 0.3 is 5.97 Å². The Morgan fingerprint density at radius 2 is 1.33 bits per heavy atom. The van der Waals surface area contributed by atoms with Crippen LogP contribution in [0.1, 0.15) is 71.7 Å². The van der Waals surface area contributed by atoms with Crippen LogP contribution >= 0.6 is 0 Å². The topological polar surface area (TPSA) is 105 Å². The van der Waals surface area contributed by atoms with E-state index in [0.717, 1.165) is 0 Å². The van der Waals surface area contributed by atoms with E-state index in [-0.39, 0.29) is 23.8 Å². The molecule has 2 aromatic carbocycles. The first-order chi connectivity index (χ1) is 15.8. The summed E-state index contributed by atoms with van der Waals surface area (Å²) in [6.07, 6.45) is 2.69. The lowest BCUT2D eigenvalue weighted by Crippen LogP contribution is -2.34. The molecule has 0 saturated heterocycles. The third-order valence-electron chi connectivity index (χ3n) is 5.98. The minimum absolute atomic E-state index is 0.00506. The van der Waals surface area contributed by atoms with Crippen molar-refractivity contribution >= 4 is 17.8 Å². The summed E-state index contributed by atoms with van der Waals surface area (Å²) in [5.41, 5.74) is 2.28. The molecule has 2 amide bonds. The van der Waals surface area contributed by atoms with Gasteiger partial charge in [0.05, 0.1) is 12.0 Å². The van der Waals surface area contributed by atoms with E-state index < -0.39 is 5.97 Å². The van der Waals surface area contributed by atoms with Crippen molar-refractivity contribution in [3.05, 3.63) is 65.2 Å². The van der Waals surface area contributed by atoms with Crippen LogP contribution in [0.4, 0.5) is 0 Å². The molecule has 3 N–H and O–H groups in total. The number of ether oxygens (including phenoxy) is 1. The van der Waals surface area contributed by atoms with Crippen LogP contribution in [-0.4, -0.2) is 42.1 Å². The van der Waals surface area contributed by atoms with Gasteiger partial charge in [-0.1, -0.05) is 26.0 Å². The Bertz CT molecular complexity index is 946. The predicted molar refractivity (Wildman–Crippen MR) is 126 cm³/mol. The molecule has 2 aromatic rings. The van der Waals surface area contributed by atoms with Crippen molar-refractivity contribution < 1.29 is 24.2 Å². The van der Waals surface area contributed by atoms with Gasteiger partial charge in [0.2, 0.25) is 0 Å². The number of carboxylic acid groups (broad SMARTS) is 1. The van der Waals surface area contributed by atoms with E-state index in [9.17, 15) is 14.4 Å². The minimum Gasteiger partial charge on any atom is -0.490 e. The summed E-state index contributed by atoms with van der Waals surface area (Å²) in [6, 6.07) is 14.4. The molecule has 0 unspecified atom stereocenters. The van der Waals surface area contributed by atoms with E-state index in [0.29, 0.717) is 61.6 Å². The smallest absolute Gasteiger partial charge is 0.306 e. The molecule has 7 heteroatoms. The zero-order chi connectivity index (χ0) is 23.8. The highest BCUT2D eigenvalue weighted by Crippen LogP contribution is 2.28. The first kappa shape index (κ1) is 24.3. The maximum Gasteiger partial charge on any atom is 0.306 e. The maximum absolute atomic E-state index is 12.3. The number of carboxylic acids is 1. The maximum atomic E-state index is 12.3. The molecular weight excluding hydrogens is 420 g/mol. The van der Waals surface area contributed by atoms with Crippen LogP contribution in [0.2, 0.25) is 0 Å². The van der Waals surface area contributed by atoms with E-state index in [1.807, 2.05) is 24.3 Å². The average molecular weight is 453 g/mol. The van der Waals surface area contributed by atoms with Crippen LogP contribution < -0.4 is 15.4 Å². The molecule has 0 radical (unpaired) electrons. The fourth-order valence-electron chi connectivity index (χ4n) is 3.88. The van der Waals surface area contributed by atoms with Gasteiger partial charge in [-0.2, -0.15) is 0 Å². The number of carbonyl (C=O) groups is 3. The van der Waals surface area contributed by atoms with Gasteiger partial charge in [0.25, 0.3) is 11.8 Å². The monoisotopic (exact) mass is 452 g/mol. The average Bonchev–Trinajstić information content (AvgIpc) is 2.82. The van der Waals surface area contributed by atoms with Crippen molar-refractivity contribution in [3.63, 3.8) is 0 Å². The van der Waals surface area contributed by atoms with Crippen LogP contribution in [0.3, 0.4) is 0 Å². The standard InChI is InChI=1S/C26H32N2O5/c1-17(2)18-3-5-19(6-4-18)24(29)27-15-16-28-25(30)20-7-11-22(12-8-20)33-23-13-9-21(10-14-23)26(31)32/h3-8,11-12,17,21,23H,9-10,13-16H2,1-2H3,(H,27,29)(H,28,30)(H,31,32). The second-order valence-electron chi connectivity index (χ2n) is 8.74. The highest BCUT2D eigenvalue weighted by molar-refractivity contribution is 5.95. The summed E-state index contributed by atoms with van der Waals surface area (Å²) < 4.78 is 5.93. The Morgan fingerprint density at radius 1 is 0.848 bits per heavy atom. The number of amides is 2. The molecule has 0 spiro atoms. The van der Waals surface area contributed by atoms with Gasteiger partial charge in [0, 0.05) is 24.2 Å². The second-order valence-corrected chi connectivity index (χ2v) is 8.74. The number of carbonyl (C=O) groups excluding carboxylic acids is 2. The third-order valence-corrected chi connectivity index (χ3v) is 5.98. The van der Waals surface area contributed by atoms with Crippen LogP contribution in [-0.2, 0) is 4.79 Å². The van der Waals surface area contributed by atoms with E-state index >= 15 is 0 Å². The number of aliphatic carboxylic acids is 1.